The highest BCUT2D eigenvalue weighted by molar-refractivity contribution is 5.35. The lowest BCUT2D eigenvalue weighted by Crippen LogP contribution is -2.27. The molecule has 0 aliphatic heterocycles. The minimum absolute atomic E-state index is 1.14. The Hall–Kier alpha value is -1.18. The summed E-state index contributed by atoms with van der Waals surface area (Å²) in [6, 6.07) is 0. The number of hydrogen-bond donors (Lipinski definition) is 0. The molecule has 2 heteroatoms. The summed E-state index contributed by atoms with van der Waals surface area (Å²) in [7, 11) is 0. The second-order valence-electron chi connectivity index (χ2n) is 2.39. The van der Waals surface area contributed by atoms with Crippen molar-refractivity contribution < 1.29 is 0 Å². The Morgan fingerprint density at radius 2 is 1.40 bits per heavy atom. The van der Waals surface area contributed by atoms with E-state index < -0.39 is 0 Å². The van der Waals surface area contributed by atoms with Crippen LogP contribution >= 0.6 is 0 Å². The lowest BCUT2D eigenvalue weighted by atomic mass is 10.1. The fourth-order valence-corrected chi connectivity index (χ4v) is 1.16. The predicted octanol–water partition coefficient (Wildman–Crippen LogP) is -0.169. The molecule has 0 radical (unpaired) electrons. The van der Waals surface area contributed by atoms with E-state index >= 15 is 0 Å². The topological polar surface area (TPSA) is 25.8 Å². The first-order chi connectivity index (χ1) is 4.97. The van der Waals surface area contributed by atoms with Crippen molar-refractivity contribution in [3.05, 3.63) is 22.8 Å². The molecule has 0 spiro atoms. The van der Waals surface area contributed by atoms with Gasteiger partial charge in [-0.2, -0.15) is 10.2 Å². The van der Waals surface area contributed by atoms with Gasteiger partial charge >= 0.3 is 0 Å². The summed E-state index contributed by atoms with van der Waals surface area (Å²) in [5.41, 5.74) is 0. The fraction of sp³-hybridized carbons (Fsp3) is 0.250. The Kier molecular flexibility index (Phi) is 1.24. The summed E-state index contributed by atoms with van der Waals surface area (Å²) in [4.78, 5) is 0. The summed E-state index contributed by atoms with van der Waals surface area (Å²) in [6.45, 7) is 0. The smallest absolute Gasteiger partial charge is 0.0571 e. The zero-order valence-electron chi connectivity index (χ0n) is 5.62. The summed E-state index contributed by atoms with van der Waals surface area (Å²) in [5.74, 6) is 0. The zero-order valence-corrected chi connectivity index (χ0v) is 5.62. The van der Waals surface area contributed by atoms with Crippen LogP contribution in [-0.2, 0) is 0 Å². The standard InChI is InChI=1S/C8H8N2/c1-2-4-8-6-10-9-5-7(8)3-1/h3-6H,1-2H2. The van der Waals surface area contributed by atoms with Gasteiger partial charge in [-0.25, -0.2) is 0 Å². The molecule has 10 heavy (non-hydrogen) atoms. The minimum atomic E-state index is 1.14. The molecule has 50 valence electrons. The monoisotopic (exact) mass is 132 g/mol. The SMILES string of the molecule is C1=c2cnncc2=CCC1. The van der Waals surface area contributed by atoms with E-state index in [1.54, 1.807) is 0 Å². The first-order valence-electron chi connectivity index (χ1n) is 3.44. The van der Waals surface area contributed by atoms with E-state index in [1.165, 1.54) is 10.4 Å². The molecule has 2 rings (SSSR count). The van der Waals surface area contributed by atoms with Gasteiger partial charge in [0, 0.05) is 0 Å². The second-order valence-corrected chi connectivity index (χ2v) is 2.39. The van der Waals surface area contributed by atoms with Gasteiger partial charge in [-0.3, -0.25) is 0 Å². The van der Waals surface area contributed by atoms with Crippen LogP contribution < -0.4 is 10.4 Å². The zero-order chi connectivity index (χ0) is 6.81. The van der Waals surface area contributed by atoms with Crippen LogP contribution in [0.1, 0.15) is 12.8 Å². The van der Waals surface area contributed by atoms with Gasteiger partial charge < -0.3 is 0 Å². The van der Waals surface area contributed by atoms with Crippen LogP contribution in [0.3, 0.4) is 0 Å². The average molecular weight is 132 g/mol. The molecule has 1 aliphatic carbocycles. The maximum Gasteiger partial charge on any atom is 0.0571 e. The quantitative estimate of drug-likeness (QED) is 0.490. The summed E-state index contributed by atoms with van der Waals surface area (Å²) >= 11 is 0. The highest BCUT2D eigenvalue weighted by atomic mass is 15.1. The van der Waals surface area contributed by atoms with E-state index in [0.29, 0.717) is 0 Å². The van der Waals surface area contributed by atoms with Gasteiger partial charge in [0.2, 0.25) is 0 Å². The summed E-state index contributed by atoms with van der Waals surface area (Å²) < 4.78 is 0. The third-order valence-electron chi connectivity index (χ3n) is 1.69. The van der Waals surface area contributed by atoms with E-state index in [2.05, 4.69) is 22.3 Å². The Morgan fingerprint density at radius 3 is 1.90 bits per heavy atom. The van der Waals surface area contributed by atoms with E-state index in [-0.39, 0.29) is 0 Å². The van der Waals surface area contributed by atoms with Crippen molar-refractivity contribution >= 4 is 12.2 Å². The molecule has 1 aromatic rings. The highest BCUT2D eigenvalue weighted by Gasteiger charge is 1.90. The van der Waals surface area contributed by atoms with Crippen LogP contribution in [0.2, 0.25) is 0 Å². The largest absolute Gasteiger partial charge is 0.159 e. The van der Waals surface area contributed by atoms with E-state index in [4.69, 9.17) is 0 Å². The fourth-order valence-electron chi connectivity index (χ4n) is 1.16. The lowest BCUT2D eigenvalue weighted by molar-refractivity contribution is 0.988. The van der Waals surface area contributed by atoms with Gasteiger partial charge in [0.05, 0.1) is 12.4 Å². The predicted molar refractivity (Wildman–Crippen MR) is 39.4 cm³/mol. The first-order valence-corrected chi connectivity index (χ1v) is 3.44. The van der Waals surface area contributed by atoms with Crippen molar-refractivity contribution in [2.45, 2.75) is 12.8 Å². The van der Waals surface area contributed by atoms with E-state index in [1.807, 2.05) is 12.4 Å². The van der Waals surface area contributed by atoms with Crippen molar-refractivity contribution in [2.24, 2.45) is 0 Å². The second kappa shape index (κ2) is 2.21. The number of fused-ring (bicyclic) bond motifs is 1. The number of aromatic nitrogens is 2. The van der Waals surface area contributed by atoms with Crippen LogP contribution in [0, 0.1) is 0 Å². The molecule has 0 atom stereocenters. The molecule has 0 bridgehead atoms. The normalized spacial score (nSPS) is 14.8. The minimum Gasteiger partial charge on any atom is -0.159 e. The van der Waals surface area contributed by atoms with Crippen LogP contribution in [0.4, 0.5) is 0 Å². The summed E-state index contributed by atoms with van der Waals surface area (Å²) in [5, 5.41) is 10.0. The molecule has 1 heterocycles. The lowest BCUT2D eigenvalue weighted by Gasteiger charge is -1.95. The van der Waals surface area contributed by atoms with Gasteiger partial charge in [0.1, 0.15) is 0 Å². The van der Waals surface area contributed by atoms with Gasteiger partial charge in [0.25, 0.3) is 0 Å². The highest BCUT2D eigenvalue weighted by Crippen LogP contribution is 1.92. The molecule has 0 N–H and O–H groups in total. The van der Waals surface area contributed by atoms with Gasteiger partial charge in [0.15, 0.2) is 0 Å². The molecule has 0 saturated carbocycles. The molecule has 0 saturated heterocycles. The van der Waals surface area contributed by atoms with Crippen LogP contribution in [0.5, 0.6) is 0 Å². The molecular formula is C8H8N2. The Morgan fingerprint density at radius 1 is 0.900 bits per heavy atom. The molecule has 0 fully saturated rings. The molecule has 1 aromatic heterocycles. The van der Waals surface area contributed by atoms with Crippen molar-refractivity contribution in [2.75, 3.05) is 0 Å². The molecule has 0 aromatic carbocycles. The molecule has 1 aliphatic rings. The third-order valence-corrected chi connectivity index (χ3v) is 1.69. The van der Waals surface area contributed by atoms with Crippen LogP contribution in [0.25, 0.3) is 12.2 Å². The number of rotatable bonds is 0. The third kappa shape index (κ3) is 0.817. The van der Waals surface area contributed by atoms with E-state index in [0.717, 1.165) is 12.8 Å². The van der Waals surface area contributed by atoms with Crippen molar-refractivity contribution in [1.29, 1.82) is 0 Å². The van der Waals surface area contributed by atoms with Crippen molar-refractivity contribution in [3.8, 4) is 0 Å². The van der Waals surface area contributed by atoms with E-state index in [9.17, 15) is 0 Å². The van der Waals surface area contributed by atoms with Gasteiger partial charge in [-0.1, -0.05) is 12.2 Å². The molecule has 0 amide bonds. The Labute approximate surface area is 58.9 Å². The van der Waals surface area contributed by atoms with Crippen molar-refractivity contribution in [3.63, 3.8) is 0 Å². The molecule has 0 unspecified atom stereocenters. The Balaban J connectivity index is 2.84. The summed E-state index contributed by atoms with van der Waals surface area (Å²) in [6.07, 6.45) is 10.3. The van der Waals surface area contributed by atoms with Crippen LogP contribution in [-0.4, -0.2) is 10.2 Å². The molecule has 2 nitrogen and oxygen atoms in total. The van der Waals surface area contributed by atoms with Crippen molar-refractivity contribution in [1.82, 2.24) is 10.2 Å². The first kappa shape index (κ1) is 5.59. The maximum absolute atomic E-state index is 3.80. The van der Waals surface area contributed by atoms with Crippen LogP contribution in [0.15, 0.2) is 12.4 Å². The molecular weight excluding hydrogens is 124 g/mol. The maximum atomic E-state index is 3.80. The van der Waals surface area contributed by atoms with Gasteiger partial charge in [-0.05, 0) is 23.3 Å². The number of nitrogens with zero attached hydrogens (tertiary/aromatic N) is 2. The average Bonchev–Trinajstić information content (AvgIpc) is 2.05. The Bertz CT molecular complexity index is 306. The van der Waals surface area contributed by atoms with Gasteiger partial charge in [-0.15, -0.1) is 0 Å². The number of hydrogen-bond acceptors (Lipinski definition) is 2.